The lowest BCUT2D eigenvalue weighted by Crippen LogP contribution is -2.40. The van der Waals surface area contributed by atoms with Crippen molar-refractivity contribution in [2.75, 3.05) is 47.5 Å². The Balaban J connectivity index is 4.21. The van der Waals surface area contributed by atoms with Gasteiger partial charge in [0.1, 0.15) is 13.2 Å². The van der Waals surface area contributed by atoms with E-state index < -0.39 is 24.3 Å². The Bertz CT molecular complexity index is 1960. The molecule has 0 heterocycles. The summed E-state index contributed by atoms with van der Waals surface area (Å²) in [5.41, 5.74) is 0. The van der Waals surface area contributed by atoms with E-state index in [9.17, 15) is 19.5 Å². The van der Waals surface area contributed by atoms with E-state index in [1.165, 1.54) is 38.5 Å². The second-order valence-electron chi connectivity index (χ2n) is 22.0. The van der Waals surface area contributed by atoms with Gasteiger partial charge < -0.3 is 28.5 Å². The number of quaternary nitrogens is 1. The van der Waals surface area contributed by atoms with Crippen LogP contribution >= 0.6 is 0 Å². The van der Waals surface area contributed by atoms with Gasteiger partial charge >= 0.3 is 17.9 Å². The molecular formula is C74H118NO8+. The largest absolute Gasteiger partial charge is 0.477 e. The molecule has 0 spiro atoms. The van der Waals surface area contributed by atoms with Crippen LogP contribution in [0.5, 0.6) is 0 Å². The topological polar surface area (TPSA) is 108 Å². The smallest absolute Gasteiger partial charge is 0.361 e. The van der Waals surface area contributed by atoms with Crippen molar-refractivity contribution in [1.82, 2.24) is 0 Å². The molecule has 0 aromatic heterocycles. The van der Waals surface area contributed by atoms with Crippen LogP contribution in [-0.2, 0) is 33.3 Å². The van der Waals surface area contributed by atoms with E-state index in [1.54, 1.807) is 0 Å². The van der Waals surface area contributed by atoms with Gasteiger partial charge in [-0.2, -0.15) is 0 Å². The van der Waals surface area contributed by atoms with Crippen molar-refractivity contribution < 1.29 is 42.9 Å². The Morgan fingerprint density at radius 2 is 0.651 bits per heavy atom. The molecule has 0 aliphatic rings. The minimum absolute atomic E-state index is 0.174. The molecule has 0 radical (unpaired) electrons. The van der Waals surface area contributed by atoms with Crippen molar-refractivity contribution >= 4 is 17.9 Å². The Morgan fingerprint density at radius 1 is 0.361 bits per heavy atom. The molecule has 9 heteroatoms. The number of unbranched alkanes of at least 4 members (excludes halogenated alkanes) is 14. The first-order chi connectivity index (χ1) is 40.6. The highest BCUT2D eigenvalue weighted by atomic mass is 16.7. The fourth-order valence-corrected chi connectivity index (χ4v) is 8.09. The molecule has 0 fully saturated rings. The maximum Gasteiger partial charge on any atom is 0.361 e. The van der Waals surface area contributed by atoms with E-state index >= 15 is 0 Å². The number of aliphatic carboxylic acids is 1. The Kier molecular flexibility index (Phi) is 58.6. The van der Waals surface area contributed by atoms with Gasteiger partial charge in [-0.3, -0.25) is 9.59 Å². The fourth-order valence-electron chi connectivity index (χ4n) is 8.09. The number of carbonyl (C=O) groups excluding carboxylic acids is 2. The van der Waals surface area contributed by atoms with E-state index in [-0.39, 0.29) is 38.6 Å². The molecule has 466 valence electrons. The summed E-state index contributed by atoms with van der Waals surface area (Å²) in [6.07, 6.45) is 91.6. The summed E-state index contributed by atoms with van der Waals surface area (Å²) in [6, 6.07) is 0. The van der Waals surface area contributed by atoms with Crippen LogP contribution in [0.15, 0.2) is 170 Å². The number of esters is 2. The highest BCUT2D eigenvalue weighted by Crippen LogP contribution is 2.14. The molecule has 1 N–H and O–H groups in total. The summed E-state index contributed by atoms with van der Waals surface area (Å²) in [5, 5.41) is 9.71. The van der Waals surface area contributed by atoms with E-state index in [2.05, 4.69) is 184 Å². The molecule has 2 unspecified atom stereocenters. The molecule has 9 nitrogen and oxygen atoms in total. The average Bonchev–Trinajstić information content (AvgIpc) is 3.46. The normalized spacial score (nSPS) is 13.9. The summed E-state index contributed by atoms with van der Waals surface area (Å²) >= 11 is 0. The number of rotatable bonds is 57. The van der Waals surface area contributed by atoms with Crippen molar-refractivity contribution in [2.24, 2.45) is 0 Å². The van der Waals surface area contributed by atoms with E-state index in [0.29, 0.717) is 17.4 Å². The van der Waals surface area contributed by atoms with Gasteiger partial charge in [0, 0.05) is 12.8 Å². The molecular weight excluding hydrogens is 1030 g/mol. The number of carboxylic acids is 1. The Labute approximate surface area is 507 Å². The minimum Gasteiger partial charge on any atom is -0.477 e. The van der Waals surface area contributed by atoms with E-state index in [0.717, 1.165) is 148 Å². The van der Waals surface area contributed by atoms with Crippen LogP contribution in [0.25, 0.3) is 0 Å². The lowest BCUT2D eigenvalue weighted by atomic mass is 10.1. The Morgan fingerprint density at radius 3 is 0.964 bits per heavy atom. The van der Waals surface area contributed by atoms with Crippen LogP contribution in [-0.4, -0.2) is 87.4 Å². The molecule has 0 saturated carbocycles. The minimum atomic E-state index is -1.53. The third-order valence-corrected chi connectivity index (χ3v) is 13.0. The van der Waals surface area contributed by atoms with Gasteiger partial charge in [0.25, 0.3) is 6.29 Å². The van der Waals surface area contributed by atoms with Gasteiger partial charge in [-0.25, -0.2) is 4.79 Å². The van der Waals surface area contributed by atoms with Crippen molar-refractivity contribution in [1.29, 1.82) is 0 Å². The van der Waals surface area contributed by atoms with Gasteiger partial charge in [-0.15, -0.1) is 0 Å². The second-order valence-corrected chi connectivity index (χ2v) is 22.0. The molecule has 0 aromatic rings. The standard InChI is InChI=1S/C74H117NO8/c1-6-8-10-12-14-16-18-20-22-24-25-26-27-28-29-30-31-32-33-34-35-36-37-38-39-40-41-42-43-44-45-46-47-49-51-53-55-57-59-61-63-65-72(77)83-70(69-82-74(73(78)79)80-67-66-75(3,4)5)68-81-71(76)64-62-60-58-56-54-52-50-48-23-21-19-17-15-13-11-9-7-2/h8-11,14-17,20-23,25-26,28-29,31-32,34-35,37-38,40-41,43-44,46-47,70,74H,6-7,12-13,18-19,24,27,30,33,36,39,42,45,48-69H2,1-5H3/p+1/b10-8-,11-9-,16-14-,17-15-,22-20-,23-21-,26-25-,29-28-,32-31-,35-34-,38-37-,41-40-,44-43-,47-46-. The number of hydrogen-bond acceptors (Lipinski definition) is 7. The zero-order chi connectivity index (χ0) is 60.5. The molecule has 0 amide bonds. The van der Waals surface area contributed by atoms with Crippen LogP contribution in [0.1, 0.15) is 219 Å². The van der Waals surface area contributed by atoms with Crippen molar-refractivity contribution in [3.8, 4) is 0 Å². The number of carbonyl (C=O) groups is 3. The van der Waals surface area contributed by atoms with Crippen LogP contribution < -0.4 is 0 Å². The van der Waals surface area contributed by atoms with E-state index in [1.807, 2.05) is 21.1 Å². The number of likely N-dealkylation sites (N-methyl/N-ethyl adjacent to an activating group) is 1. The van der Waals surface area contributed by atoms with E-state index in [4.69, 9.17) is 18.9 Å². The quantitative estimate of drug-likeness (QED) is 0.0211. The number of hydrogen-bond donors (Lipinski definition) is 1. The van der Waals surface area contributed by atoms with Crippen LogP contribution in [0.3, 0.4) is 0 Å². The first-order valence-electron chi connectivity index (χ1n) is 32.3. The molecule has 0 rings (SSSR count). The van der Waals surface area contributed by atoms with Crippen LogP contribution in [0, 0.1) is 0 Å². The predicted molar refractivity (Wildman–Crippen MR) is 354 cm³/mol. The zero-order valence-electron chi connectivity index (χ0n) is 53.0. The molecule has 2 atom stereocenters. The molecule has 0 aromatic carbocycles. The third kappa shape index (κ3) is 64.1. The number of ether oxygens (including phenoxy) is 4. The highest BCUT2D eigenvalue weighted by Gasteiger charge is 2.25. The zero-order valence-corrected chi connectivity index (χ0v) is 53.0. The van der Waals surface area contributed by atoms with Gasteiger partial charge in [-0.05, 0) is 128 Å². The lowest BCUT2D eigenvalue weighted by Gasteiger charge is -2.25. The van der Waals surface area contributed by atoms with Crippen molar-refractivity contribution in [2.45, 2.75) is 232 Å². The molecule has 0 bridgehead atoms. The fraction of sp³-hybridized carbons (Fsp3) is 0.581. The number of allylic oxidation sites excluding steroid dienone is 28. The molecule has 0 saturated heterocycles. The average molecular weight is 1150 g/mol. The first kappa shape index (κ1) is 77.7. The molecule has 83 heavy (non-hydrogen) atoms. The number of nitrogens with zero attached hydrogens (tertiary/aromatic N) is 1. The van der Waals surface area contributed by atoms with Crippen molar-refractivity contribution in [3.05, 3.63) is 170 Å². The van der Waals surface area contributed by atoms with Gasteiger partial charge in [0.2, 0.25) is 0 Å². The van der Waals surface area contributed by atoms with Gasteiger partial charge in [0.15, 0.2) is 6.10 Å². The van der Waals surface area contributed by atoms with Gasteiger partial charge in [-0.1, -0.05) is 248 Å². The number of carboxylic acid groups (broad SMARTS) is 1. The second kappa shape index (κ2) is 62.7. The van der Waals surface area contributed by atoms with Crippen molar-refractivity contribution in [3.63, 3.8) is 0 Å². The SMILES string of the molecule is CC/C=C\C/C=C\C/C=C\C/C=C\C/C=C\C/C=C\C/C=C\C/C=C\C/C=C\C/C=C\C/C=C\CCCCCCCCCC(=O)OC(COC(=O)CCCCCCCCC/C=C\C/C=C\C/C=C\CC)COC(OCC[N+](C)(C)C)C(=O)O. The van der Waals surface area contributed by atoms with Crippen LogP contribution in [0.4, 0.5) is 0 Å². The summed E-state index contributed by atoms with van der Waals surface area (Å²) < 4.78 is 22.9. The lowest BCUT2D eigenvalue weighted by molar-refractivity contribution is -0.870. The highest BCUT2D eigenvalue weighted by molar-refractivity contribution is 5.71. The molecule has 0 aliphatic carbocycles. The maximum absolute atomic E-state index is 12.9. The maximum atomic E-state index is 12.9. The third-order valence-electron chi connectivity index (χ3n) is 13.0. The summed E-state index contributed by atoms with van der Waals surface area (Å²) in [7, 11) is 5.95. The molecule has 0 aliphatic heterocycles. The summed E-state index contributed by atoms with van der Waals surface area (Å²) in [5.74, 6) is -2.05. The summed E-state index contributed by atoms with van der Waals surface area (Å²) in [6.45, 7) is 4.60. The monoisotopic (exact) mass is 1150 g/mol. The van der Waals surface area contributed by atoms with Crippen LogP contribution in [0.2, 0.25) is 0 Å². The summed E-state index contributed by atoms with van der Waals surface area (Å²) in [4.78, 5) is 37.5. The van der Waals surface area contributed by atoms with Gasteiger partial charge in [0.05, 0.1) is 34.4 Å². The Hall–Kier alpha value is -5.35. The predicted octanol–water partition coefficient (Wildman–Crippen LogP) is 19.9. The first-order valence-corrected chi connectivity index (χ1v) is 32.3.